The molecule has 27 heavy (non-hydrogen) atoms. The Morgan fingerprint density at radius 2 is 1.33 bits per heavy atom. The van der Waals surface area contributed by atoms with Crippen molar-refractivity contribution in [3.8, 4) is 0 Å². The fourth-order valence-electron chi connectivity index (χ4n) is 3.33. The van der Waals surface area contributed by atoms with Crippen LogP contribution in [0.5, 0.6) is 0 Å². The predicted molar refractivity (Wildman–Crippen MR) is 87.6 cm³/mol. The van der Waals surface area contributed by atoms with Crippen molar-refractivity contribution in [3.05, 3.63) is 70.0 Å². The SMILES string of the molecule is O=C(OCc1c(F)c(F)c(F)c(F)c1F)c1ccc(C2CCCCC2)cc1. The lowest BCUT2D eigenvalue weighted by atomic mass is 9.84. The van der Waals surface area contributed by atoms with Gasteiger partial charge in [-0.3, -0.25) is 0 Å². The highest BCUT2D eigenvalue weighted by Crippen LogP contribution is 2.32. The van der Waals surface area contributed by atoms with E-state index < -0.39 is 47.2 Å². The molecule has 1 aliphatic rings. The minimum absolute atomic E-state index is 0.137. The lowest BCUT2D eigenvalue weighted by molar-refractivity contribution is 0.0462. The largest absolute Gasteiger partial charge is 0.457 e. The molecule has 0 unspecified atom stereocenters. The highest BCUT2D eigenvalue weighted by Gasteiger charge is 2.26. The van der Waals surface area contributed by atoms with E-state index in [9.17, 15) is 26.7 Å². The zero-order chi connectivity index (χ0) is 19.6. The molecule has 0 radical (unpaired) electrons. The summed E-state index contributed by atoms with van der Waals surface area (Å²) in [5, 5.41) is 0. The number of ether oxygens (including phenoxy) is 1. The Balaban J connectivity index is 1.69. The molecule has 1 saturated carbocycles. The summed E-state index contributed by atoms with van der Waals surface area (Å²) in [6, 6.07) is 6.66. The van der Waals surface area contributed by atoms with Crippen molar-refractivity contribution in [2.24, 2.45) is 0 Å². The van der Waals surface area contributed by atoms with Gasteiger partial charge in [0.05, 0.1) is 11.1 Å². The zero-order valence-electron chi connectivity index (χ0n) is 14.3. The van der Waals surface area contributed by atoms with Crippen LogP contribution in [0, 0.1) is 29.1 Å². The van der Waals surface area contributed by atoms with E-state index in [1.165, 1.54) is 18.6 Å². The third-order valence-corrected chi connectivity index (χ3v) is 4.87. The number of hydrogen-bond acceptors (Lipinski definition) is 2. The van der Waals surface area contributed by atoms with Gasteiger partial charge in [0.1, 0.15) is 6.61 Å². The molecule has 0 heterocycles. The van der Waals surface area contributed by atoms with E-state index in [4.69, 9.17) is 4.74 Å². The van der Waals surface area contributed by atoms with Crippen LogP contribution in [0.25, 0.3) is 0 Å². The molecule has 1 fully saturated rings. The first-order valence-corrected chi connectivity index (χ1v) is 8.67. The normalized spacial score (nSPS) is 15.0. The highest BCUT2D eigenvalue weighted by molar-refractivity contribution is 5.89. The molecular weight excluding hydrogens is 367 g/mol. The van der Waals surface area contributed by atoms with Gasteiger partial charge in [0, 0.05) is 0 Å². The molecule has 0 aliphatic heterocycles. The van der Waals surface area contributed by atoms with Gasteiger partial charge in [-0.25, -0.2) is 26.7 Å². The van der Waals surface area contributed by atoms with Crippen molar-refractivity contribution in [2.75, 3.05) is 0 Å². The molecular formula is C20H17F5O2. The van der Waals surface area contributed by atoms with Crippen molar-refractivity contribution >= 4 is 5.97 Å². The average molecular weight is 384 g/mol. The lowest BCUT2D eigenvalue weighted by Crippen LogP contribution is -2.12. The van der Waals surface area contributed by atoms with Crippen LogP contribution in [0.2, 0.25) is 0 Å². The Morgan fingerprint density at radius 1 is 0.815 bits per heavy atom. The molecule has 0 aromatic heterocycles. The minimum atomic E-state index is -2.25. The molecule has 0 saturated heterocycles. The Labute approximate surface area is 153 Å². The predicted octanol–water partition coefficient (Wildman–Crippen LogP) is 5.79. The monoisotopic (exact) mass is 384 g/mol. The third-order valence-electron chi connectivity index (χ3n) is 4.87. The minimum Gasteiger partial charge on any atom is -0.457 e. The zero-order valence-corrected chi connectivity index (χ0v) is 14.3. The maximum Gasteiger partial charge on any atom is 0.338 e. The van der Waals surface area contributed by atoms with Gasteiger partial charge < -0.3 is 4.74 Å². The van der Waals surface area contributed by atoms with Gasteiger partial charge in [0.25, 0.3) is 0 Å². The molecule has 7 heteroatoms. The lowest BCUT2D eigenvalue weighted by Gasteiger charge is -2.22. The first kappa shape index (κ1) is 19.3. The van der Waals surface area contributed by atoms with Gasteiger partial charge in [0.2, 0.25) is 5.82 Å². The Bertz CT molecular complexity index is 813. The van der Waals surface area contributed by atoms with Gasteiger partial charge >= 0.3 is 5.97 Å². The average Bonchev–Trinajstić information content (AvgIpc) is 2.71. The van der Waals surface area contributed by atoms with E-state index >= 15 is 0 Å². The summed E-state index contributed by atoms with van der Waals surface area (Å²) in [5.74, 6) is -10.9. The molecule has 2 aromatic rings. The molecule has 0 atom stereocenters. The Morgan fingerprint density at radius 3 is 1.89 bits per heavy atom. The summed E-state index contributed by atoms with van der Waals surface area (Å²) >= 11 is 0. The second kappa shape index (κ2) is 8.06. The van der Waals surface area contributed by atoms with Gasteiger partial charge in [-0.05, 0) is 36.5 Å². The van der Waals surface area contributed by atoms with Crippen LogP contribution in [0.15, 0.2) is 24.3 Å². The Kier molecular flexibility index (Phi) is 5.77. The van der Waals surface area contributed by atoms with Gasteiger partial charge in [-0.15, -0.1) is 0 Å². The summed E-state index contributed by atoms with van der Waals surface area (Å²) in [6.07, 6.45) is 5.72. The number of halogens is 5. The maximum absolute atomic E-state index is 13.6. The first-order chi connectivity index (χ1) is 12.9. The van der Waals surface area contributed by atoms with Crippen LogP contribution in [-0.2, 0) is 11.3 Å². The standard InChI is InChI=1S/C20H17F5O2/c21-15-14(16(22)18(24)19(25)17(15)23)10-27-20(26)13-8-6-12(7-9-13)11-4-2-1-3-5-11/h6-9,11H,1-5,10H2. The Hall–Kier alpha value is -2.44. The smallest absolute Gasteiger partial charge is 0.338 e. The maximum atomic E-state index is 13.6. The molecule has 2 nitrogen and oxygen atoms in total. The van der Waals surface area contributed by atoms with E-state index in [2.05, 4.69) is 0 Å². The van der Waals surface area contributed by atoms with Crippen LogP contribution in [-0.4, -0.2) is 5.97 Å². The van der Waals surface area contributed by atoms with Crippen LogP contribution >= 0.6 is 0 Å². The first-order valence-electron chi connectivity index (χ1n) is 8.67. The molecule has 0 N–H and O–H groups in total. The van der Waals surface area contributed by atoms with E-state index in [0.717, 1.165) is 31.2 Å². The number of hydrogen-bond donors (Lipinski definition) is 0. The highest BCUT2D eigenvalue weighted by atomic mass is 19.2. The van der Waals surface area contributed by atoms with E-state index in [0.29, 0.717) is 5.92 Å². The summed E-state index contributed by atoms with van der Waals surface area (Å²) in [7, 11) is 0. The topological polar surface area (TPSA) is 26.3 Å². The van der Waals surface area contributed by atoms with Crippen LogP contribution in [0.4, 0.5) is 22.0 Å². The number of carbonyl (C=O) groups excluding carboxylic acids is 1. The molecule has 1 aliphatic carbocycles. The van der Waals surface area contributed by atoms with E-state index in [-0.39, 0.29) is 5.56 Å². The second-order valence-electron chi connectivity index (χ2n) is 6.58. The molecule has 0 spiro atoms. The van der Waals surface area contributed by atoms with Crippen molar-refractivity contribution in [1.29, 1.82) is 0 Å². The number of benzene rings is 2. The second-order valence-corrected chi connectivity index (χ2v) is 6.58. The summed E-state index contributed by atoms with van der Waals surface area (Å²) in [4.78, 5) is 12.0. The molecule has 144 valence electrons. The molecule has 2 aromatic carbocycles. The van der Waals surface area contributed by atoms with Crippen molar-refractivity contribution in [2.45, 2.75) is 44.6 Å². The van der Waals surface area contributed by atoms with E-state index in [1.807, 2.05) is 0 Å². The van der Waals surface area contributed by atoms with Gasteiger partial charge in [-0.1, -0.05) is 31.4 Å². The van der Waals surface area contributed by atoms with Crippen molar-refractivity contribution < 1.29 is 31.5 Å². The summed E-state index contributed by atoms with van der Waals surface area (Å²) in [6.45, 7) is -1.06. The third kappa shape index (κ3) is 3.96. The summed E-state index contributed by atoms with van der Waals surface area (Å²) in [5.41, 5.74) is 0.0584. The summed E-state index contributed by atoms with van der Waals surface area (Å²) < 4.78 is 71.3. The van der Waals surface area contributed by atoms with Crippen LogP contribution in [0.3, 0.4) is 0 Å². The number of esters is 1. The molecule has 0 bridgehead atoms. The van der Waals surface area contributed by atoms with Crippen molar-refractivity contribution in [1.82, 2.24) is 0 Å². The fraction of sp³-hybridized carbons (Fsp3) is 0.350. The fourth-order valence-corrected chi connectivity index (χ4v) is 3.33. The number of rotatable bonds is 4. The van der Waals surface area contributed by atoms with Gasteiger partial charge in [-0.2, -0.15) is 0 Å². The molecule has 0 amide bonds. The van der Waals surface area contributed by atoms with Crippen LogP contribution < -0.4 is 0 Å². The van der Waals surface area contributed by atoms with E-state index in [1.54, 1.807) is 12.1 Å². The number of carbonyl (C=O) groups is 1. The van der Waals surface area contributed by atoms with Crippen LogP contribution in [0.1, 0.15) is 59.5 Å². The quantitative estimate of drug-likeness (QED) is 0.289. The molecule has 3 rings (SSSR count). The van der Waals surface area contributed by atoms with Gasteiger partial charge in [0.15, 0.2) is 23.3 Å². The van der Waals surface area contributed by atoms with Crippen molar-refractivity contribution in [3.63, 3.8) is 0 Å².